The van der Waals surface area contributed by atoms with Gasteiger partial charge in [0.15, 0.2) is 5.78 Å². The number of aromatic nitrogens is 1. The SMILES string of the molecule is O=C(c1ccccc1)c1cc(Cl)ccc1N=Cc1c[nH]c2ccccc12. The van der Waals surface area contributed by atoms with Gasteiger partial charge >= 0.3 is 0 Å². The van der Waals surface area contributed by atoms with Crippen molar-refractivity contribution in [2.75, 3.05) is 0 Å². The topological polar surface area (TPSA) is 45.2 Å². The highest BCUT2D eigenvalue weighted by Crippen LogP contribution is 2.26. The second-order valence-corrected chi connectivity index (χ2v) is 6.34. The van der Waals surface area contributed by atoms with Crippen molar-refractivity contribution in [3.63, 3.8) is 0 Å². The third-order valence-corrected chi connectivity index (χ3v) is 4.44. The normalized spacial score (nSPS) is 11.3. The van der Waals surface area contributed by atoms with Crippen molar-refractivity contribution in [2.24, 2.45) is 4.99 Å². The number of fused-ring (bicyclic) bond motifs is 1. The number of rotatable bonds is 4. The summed E-state index contributed by atoms with van der Waals surface area (Å²) in [6.07, 6.45) is 3.67. The van der Waals surface area contributed by atoms with Gasteiger partial charge < -0.3 is 4.98 Å². The third kappa shape index (κ3) is 3.17. The summed E-state index contributed by atoms with van der Waals surface area (Å²) in [5.74, 6) is -0.0980. The lowest BCUT2D eigenvalue weighted by atomic mass is 10.0. The summed E-state index contributed by atoms with van der Waals surface area (Å²) in [6, 6.07) is 22.3. The van der Waals surface area contributed by atoms with E-state index >= 15 is 0 Å². The Morgan fingerprint density at radius 2 is 1.73 bits per heavy atom. The number of H-pyrrole nitrogens is 1. The van der Waals surface area contributed by atoms with Gasteiger partial charge in [-0.05, 0) is 24.3 Å². The average Bonchev–Trinajstić information content (AvgIpc) is 3.10. The summed E-state index contributed by atoms with van der Waals surface area (Å²) in [7, 11) is 0. The molecule has 1 aromatic heterocycles. The van der Waals surface area contributed by atoms with E-state index in [4.69, 9.17) is 11.6 Å². The molecule has 0 fully saturated rings. The van der Waals surface area contributed by atoms with Crippen molar-refractivity contribution < 1.29 is 4.79 Å². The van der Waals surface area contributed by atoms with Gasteiger partial charge in [-0.1, -0.05) is 60.1 Å². The van der Waals surface area contributed by atoms with Crippen LogP contribution in [0.25, 0.3) is 10.9 Å². The first-order chi connectivity index (χ1) is 12.7. The lowest BCUT2D eigenvalue weighted by Gasteiger charge is -2.06. The van der Waals surface area contributed by atoms with Crippen LogP contribution < -0.4 is 0 Å². The number of nitrogens with one attached hydrogen (secondary N) is 1. The number of hydrogen-bond donors (Lipinski definition) is 1. The lowest BCUT2D eigenvalue weighted by molar-refractivity contribution is 0.103. The molecule has 0 atom stereocenters. The molecule has 0 saturated carbocycles. The number of nitrogens with zero attached hydrogens (tertiary/aromatic N) is 1. The molecule has 1 N–H and O–H groups in total. The van der Waals surface area contributed by atoms with Crippen LogP contribution in [0.3, 0.4) is 0 Å². The first-order valence-electron chi connectivity index (χ1n) is 8.22. The van der Waals surface area contributed by atoms with Crippen LogP contribution >= 0.6 is 11.6 Å². The van der Waals surface area contributed by atoms with Gasteiger partial charge in [-0.3, -0.25) is 9.79 Å². The van der Waals surface area contributed by atoms with E-state index in [-0.39, 0.29) is 5.78 Å². The fourth-order valence-corrected chi connectivity index (χ4v) is 3.06. The zero-order valence-corrected chi connectivity index (χ0v) is 14.6. The van der Waals surface area contributed by atoms with Crippen LogP contribution in [0, 0.1) is 0 Å². The molecule has 3 nitrogen and oxygen atoms in total. The maximum Gasteiger partial charge on any atom is 0.195 e. The molecule has 26 heavy (non-hydrogen) atoms. The molecule has 3 aromatic carbocycles. The van der Waals surface area contributed by atoms with Crippen molar-refractivity contribution in [3.05, 3.63) is 101 Å². The maximum absolute atomic E-state index is 12.9. The number of carbonyl (C=O) groups excluding carboxylic acids is 1. The van der Waals surface area contributed by atoms with Gasteiger partial charge in [-0.15, -0.1) is 0 Å². The lowest BCUT2D eigenvalue weighted by Crippen LogP contribution is -2.01. The standard InChI is InChI=1S/C22H15ClN2O/c23-17-10-11-21(19(12-17)22(26)15-6-2-1-3-7-15)25-14-16-13-24-20-9-5-4-8-18(16)20/h1-14,24H. The summed E-state index contributed by atoms with van der Waals surface area (Å²) < 4.78 is 0. The summed E-state index contributed by atoms with van der Waals surface area (Å²) in [5, 5.41) is 1.59. The second kappa shape index (κ2) is 6.98. The van der Waals surface area contributed by atoms with Gasteiger partial charge in [0.05, 0.1) is 5.69 Å². The molecule has 4 heteroatoms. The summed E-state index contributed by atoms with van der Waals surface area (Å²) in [4.78, 5) is 20.6. The minimum atomic E-state index is -0.0980. The molecule has 4 rings (SSSR count). The summed E-state index contributed by atoms with van der Waals surface area (Å²) in [6.45, 7) is 0. The number of benzene rings is 3. The molecule has 126 valence electrons. The van der Waals surface area contributed by atoms with Crippen molar-refractivity contribution in [1.82, 2.24) is 4.98 Å². The summed E-state index contributed by atoms with van der Waals surface area (Å²) in [5.41, 5.74) is 3.70. The van der Waals surface area contributed by atoms with Crippen molar-refractivity contribution in [1.29, 1.82) is 0 Å². The molecule has 1 heterocycles. The van der Waals surface area contributed by atoms with Gasteiger partial charge in [-0.25, -0.2) is 0 Å². The van der Waals surface area contributed by atoms with Crippen LogP contribution in [0.15, 0.2) is 84.0 Å². The smallest absolute Gasteiger partial charge is 0.195 e. The predicted molar refractivity (Wildman–Crippen MR) is 107 cm³/mol. The molecule has 0 amide bonds. The fourth-order valence-electron chi connectivity index (χ4n) is 2.89. The average molecular weight is 359 g/mol. The highest BCUT2D eigenvalue weighted by molar-refractivity contribution is 6.31. The summed E-state index contributed by atoms with van der Waals surface area (Å²) >= 11 is 6.12. The number of hydrogen-bond acceptors (Lipinski definition) is 2. The quantitative estimate of drug-likeness (QED) is 0.363. The first kappa shape index (κ1) is 16.3. The third-order valence-electron chi connectivity index (χ3n) is 4.20. The van der Waals surface area contributed by atoms with Crippen LogP contribution in [0.2, 0.25) is 5.02 Å². The molecule has 0 aliphatic rings. The minimum absolute atomic E-state index is 0.0980. The molecular formula is C22H15ClN2O. The number of aromatic amines is 1. The van der Waals surface area contributed by atoms with Gasteiger partial charge in [0, 0.05) is 45.0 Å². The van der Waals surface area contributed by atoms with Gasteiger partial charge in [-0.2, -0.15) is 0 Å². The highest BCUT2D eigenvalue weighted by atomic mass is 35.5. The van der Waals surface area contributed by atoms with E-state index in [1.54, 1.807) is 36.5 Å². The number of carbonyl (C=O) groups is 1. The van der Waals surface area contributed by atoms with Crippen molar-refractivity contribution in [3.8, 4) is 0 Å². The Balaban J connectivity index is 1.74. The van der Waals surface area contributed by atoms with Gasteiger partial charge in [0.2, 0.25) is 0 Å². The minimum Gasteiger partial charge on any atom is -0.361 e. The predicted octanol–water partition coefficient (Wildman–Crippen LogP) is 5.80. The van der Waals surface area contributed by atoms with E-state index < -0.39 is 0 Å². The molecule has 0 aliphatic carbocycles. The number of halogens is 1. The first-order valence-corrected chi connectivity index (χ1v) is 8.59. The van der Waals surface area contributed by atoms with Crippen LogP contribution in [-0.2, 0) is 0 Å². The Labute approximate surface area is 156 Å². The molecule has 4 aromatic rings. The van der Waals surface area contributed by atoms with E-state index in [1.807, 2.05) is 48.7 Å². The largest absolute Gasteiger partial charge is 0.361 e. The van der Waals surface area contributed by atoms with E-state index in [2.05, 4.69) is 9.98 Å². The van der Waals surface area contributed by atoms with Crippen LogP contribution in [0.4, 0.5) is 5.69 Å². The molecule has 0 saturated heterocycles. The molecule has 0 radical (unpaired) electrons. The van der Waals surface area contributed by atoms with Crippen LogP contribution in [0.5, 0.6) is 0 Å². The van der Waals surface area contributed by atoms with Gasteiger partial charge in [0.1, 0.15) is 0 Å². The number of para-hydroxylation sites is 1. The van der Waals surface area contributed by atoms with E-state index in [0.717, 1.165) is 16.5 Å². The zero-order valence-electron chi connectivity index (χ0n) is 13.8. The van der Waals surface area contributed by atoms with E-state index in [0.29, 0.717) is 21.8 Å². The molecule has 0 spiro atoms. The van der Waals surface area contributed by atoms with Gasteiger partial charge in [0.25, 0.3) is 0 Å². The Hall–Kier alpha value is -3.17. The van der Waals surface area contributed by atoms with E-state index in [9.17, 15) is 4.79 Å². The Morgan fingerprint density at radius 3 is 2.58 bits per heavy atom. The van der Waals surface area contributed by atoms with Crippen molar-refractivity contribution in [2.45, 2.75) is 0 Å². The Bertz CT molecular complexity index is 1110. The highest BCUT2D eigenvalue weighted by Gasteiger charge is 2.14. The van der Waals surface area contributed by atoms with E-state index in [1.165, 1.54) is 0 Å². The molecule has 0 unspecified atom stereocenters. The number of ketones is 1. The number of aliphatic imine (C=N–C) groups is 1. The van der Waals surface area contributed by atoms with Crippen LogP contribution in [-0.4, -0.2) is 17.0 Å². The Morgan fingerprint density at radius 1 is 0.962 bits per heavy atom. The fraction of sp³-hybridized carbons (Fsp3) is 0. The van der Waals surface area contributed by atoms with Crippen molar-refractivity contribution >= 4 is 40.2 Å². The monoisotopic (exact) mass is 358 g/mol. The molecule has 0 bridgehead atoms. The molecular weight excluding hydrogens is 344 g/mol. The maximum atomic E-state index is 12.9. The second-order valence-electron chi connectivity index (χ2n) is 5.90. The Kier molecular flexibility index (Phi) is 4.38. The molecule has 0 aliphatic heterocycles. The van der Waals surface area contributed by atoms with Crippen LogP contribution in [0.1, 0.15) is 21.5 Å². The zero-order chi connectivity index (χ0) is 17.9.